The maximum absolute atomic E-state index is 12.6. The van der Waals surface area contributed by atoms with Gasteiger partial charge in [0.25, 0.3) is 0 Å². The molecule has 27 heavy (non-hydrogen) atoms. The first-order valence-electron chi connectivity index (χ1n) is 10.0. The molecule has 6 nitrogen and oxygen atoms in total. The third-order valence-electron chi connectivity index (χ3n) is 6.05. The summed E-state index contributed by atoms with van der Waals surface area (Å²) in [5, 5.41) is 18.5. The number of likely N-dealkylation sites (tertiary alicyclic amines) is 1. The second-order valence-corrected chi connectivity index (χ2v) is 7.97. The molecule has 3 heterocycles. The molecular formula is C21H28N4O2. The van der Waals surface area contributed by atoms with Gasteiger partial charge in [-0.3, -0.25) is 14.9 Å². The Labute approximate surface area is 160 Å². The number of hydrogen-bond acceptors (Lipinski definition) is 4. The number of amides is 1. The van der Waals surface area contributed by atoms with Crippen molar-refractivity contribution < 1.29 is 9.90 Å². The van der Waals surface area contributed by atoms with Gasteiger partial charge >= 0.3 is 0 Å². The van der Waals surface area contributed by atoms with E-state index in [1.54, 1.807) is 6.20 Å². The van der Waals surface area contributed by atoms with E-state index in [4.69, 9.17) is 0 Å². The number of carbonyl (C=O) groups excluding carboxylic acids is 1. The van der Waals surface area contributed by atoms with Crippen molar-refractivity contribution in [3.05, 3.63) is 46.5 Å². The highest BCUT2D eigenvalue weighted by atomic mass is 16.3. The Morgan fingerprint density at radius 2 is 2.04 bits per heavy atom. The number of fused-ring (bicyclic) bond motifs is 1. The first-order chi connectivity index (χ1) is 13.0. The van der Waals surface area contributed by atoms with Crippen molar-refractivity contribution in [1.29, 1.82) is 0 Å². The topological polar surface area (TPSA) is 82.1 Å². The molecule has 6 heteroatoms. The summed E-state index contributed by atoms with van der Waals surface area (Å²) in [6, 6.07) is 3.87. The molecule has 1 fully saturated rings. The van der Waals surface area contributed by atoms with Gasteiger partial charge < -0.3 is 10.0 Å². The number of nitrogens with zero attached hydrogens (tertiary/aromatic N) is 3. The van der Waals surface area contributed by atoms with E-state index in [-0.39, 0.29) is 5.91 Å². The fourth-order valence-corrected chi connectivity index (χ4v) is 4.27. The summed E-state index contributed by atoms with van der Waals surface area (Å²) in [5.74, 6) is 0.154. The van der Waals surface area contributed by atoms with Crippen molar-refractivity contribution >= 4 is 5.91 Å². The number of aryl methyl sites for hydroxylation is 3. The van der Waals surface area contributed by atoms with Crippen molar-refractivity contribution in [2.75, 3.05) is 13.1 Å². The van der Waals surface area contributed by atoms with Crippen LogP contribution in [0.25, 0.3) is 0 Å². The van der Waals surface area contributed by atoms with Gasteiger partial charge in [0.1, 0.15) is 5.60 Å². The molecule has 0 radical (unpaired) electrons. The number of aliphatic hydroxyl groups is 1. The Hall–Kier alpha value is -2.21. The largest absolute Gasteiger partial charge is 0.383 e. The van der Waals surface area contributed by atoms with Gasteiger partial charge in [-0.15, -0.1) is 0 Å². The van der Waals surface area contributed by atoms with Crippen LogP contribution in [-0.4, -0.2) is 44.2 Å². The van der Waals surface area contributed by atoms with Crippen LogP contribution in [0.15, 0.2) is 18.3 Å². The van der Waals surface area contributed by atoms with Crippen LogP contribution in [0.5, 0.6) is 0 Å². The molecule has 1 saturated heterocycles. The number of hydrogen-bond donors (Lipinski definition) is 2. The van der Waals surface area contributed by atoms with Crippen molar-refractivity contribution in [3.8, 4) is 0 Å². The van der Waals surface area contributed by atoms with Crippen LogP contribution in [0.1, 0.15) is 60.3 Å². The molecule has 0 saturated carbocycles. The van der Waals surface area contributed by atoms with E-state index in [0.29, 0.717) is 44.5 Å². The summed E-state index contributed by atoms with van der Waals surface area (Å²) in [4.78, 5) is 18.9. The van der Waals surface area contributed by atoms with Crippen LogP contribution in [-0.2, 0) is 29.7 Å². The van der Waals surface area contributed by atoms with Crippen LogP contribution in [0.3, 0.4) is 0 Å². The fraction of sp³-hybridized carbons (Fsp3) is 0.571. The standard InChI is InChI=1S/C21H28N4O2/c1-15-6-8-19(22-14-15)21(27)10-12-25(13-11-21)20(26)9-7-18-16-4-2-3-5-17(16)23-24-18/h6,8,14,27H,2-5,7,9-13H2,1H3,(H,23,24). The summed E-state index contributed by atoms with van der Waals surface area (Å²) in [6.07, 6.45) is 8.63. The van der Waals surface area contributed by atoms with Gasteiger partial charge in [-0.25, -0.2) is 0 Å². The van der Waals surface area contributed by atoms with Crippen molar-refractivity contribution in [1.82, 2.24) is 20.1 Å². The zero-order valence-electron chi connectivity index (χ0n) is 16.0. The highest BCUT2D eigenvalue weighted by molar-refractivity contribution is 5.76. The molecule has 144 valence electrons. The van der Waals surface area contributed by atoms with E-state index in [2.05, 4.69) is 15.2 Å². The number of aromatic nitrogens is 3. The van der Waals surface area contributed by atoms with Gasteiger partial charge in [-0.2, -0.15) is 5.10 Å². The third-order valence-corrected chi connectivity index (χ3v) is 6.05. The minimum atomic E-state index is -0.925. The summed E-state index contributed by atoms with van der Waals surface area (Å²) >= 11 is 0. The van der Waals surface area contributed by atoms with Gasteiger partial charge in [0.05, 0.1) is 11.4 Å². The van der Waals surface area contributed by atoms with Crippen LogP contribution in [0.4, 0.5) is 0 Å². The molecule has 2 aromatic rings. The lowest BCUT2D eigenvalue weighted by Gasteiger charge is -2.38. The van der Waals surface area contributed by atoms with E-state index < -0.39 is 5.60 Å². The Morgan fingerprint density at radius 3 is 2.78 bits per heavy atom. The van der Waals surface area contributed by atoms with Gasteiger partial charge in [-0.05, 0) is 62.6 Å². The molecule has 0 atom stereocenters. The molecule has 4 rings (SSSR count). The van der Waals surface area contributed by atoms with Crippen molar-refractivity contribution in [2.24, 2.45) is 0 Å². The van der Waals surface area contributed by atoms with Crippen LogP contribution in [0, 0.1) is 6.92 Å². The summed E-state index contributed by atoms with van der Waals surface area (Å²) in [7, 11) is 0. The first kappa shape index (κ1) is 18.2. The summed E-state index contributed by atoms with van der Waals surface area (Å²) in [6.45, 7) is 3.13. The highest BCUT2D eigenvalue weighted by Gasteiger charge is 2.36. The number of piperidine rings is 1. The quantitative estimate of drug-likeness (QED) is 0.868. The van der Waals surface area contributed by atoms with Crippen LogP contribution < -0.4 is 0 Å². The molecule has 0 unspecified atom stereocenters. The Kier molecular flexibility index (Phi) is 5.00. The molecule has 1 amide bonds. The average molecular weight is 368 g/mol. The lowest BCUT2D eigenvalue weighted by Crippen LogP contribution is -2.45. The number of nitrogens with one attached hydrogen (secondary N) is 1. The number of aromatic amines is 1. The van der Waals surface area contributed by atoms with Gasteiger partial charge in [0.2, 0.25) is 5.91 Å². The predicted octanol–water partition coefficient (Wildman–Crippen LogP) is 2.43. The van der Waals surface area contributed by atoms with Gasteiger partial charge in [0.15, 0.2) is 0 Å². The van der Waals surface area contributed by atoms with Crippen LogP contribution >= 0.6 is 0 Å². The Bertz CT molecular complexity index is 804. The summed E-state index contributed by atoms with van der Waals surface area (Å²) in [5.41, 5.74) is 4.53. The Morgan fingerprint density at radius 1 is 1.26 bits per heavy atom. The number of carbonyl (C=O) groups is 1. The number of H-pyrrole nitrogens is 1. The summed E-state index contributed by atoms with van der Waals surface area (Å²) < 4.78 is 0. The van der Waals surface area contributed by atoms with E-state index in [1.165, 1.54) is 24.1 Å². The molecule has 1 aliphatic heterocycles. The fourth-order valence-electron chi connectivity index (χ4n) is 4.27. The second kappa shape index (κ2) is 7.43. The van der Waals surface area contributed by atoms with Crippen molar-refractivity contribution in [2.45, 2.75) is 63.9 Å². The molecule has 2 N–H and O–H groups in total. The molecule has 1 aliphatic carbocycles. The van der Waals surface area contributed by atoms with E-state index in [0.717, 1.165) is 24.1 Å². The maximum Gasteiger partial charge on any atom is 0.222 e. The van der Waals surface area contributed by atoms with E-state index >= 15 is 0 Å². The highest BCUT2D eigenvalue weighted by Crippen LogP contribution is 2.32. The lowest BCUT2D eigenvalue weighted by molar-refractivity contribution is -0.135. The van der Waals surface area contributed by atoms with Gasteiger partial charge in [-0.1, -0.05) is 6.07 Å². The Balaban J connectivity index is 1.32. The predicted molar refractivity (Wildman–Crippen MR) is 102 cm³/mol. The normalized spacial score (nSPS) is 19.0. The SMILES string of the molecule is Cc1ccc(C2(O)CCN(C(=O)CCc3n[nH]c4c3CCCC4)CC2)nc1. The molecule has 0 spiro atoms. The molecular weight excluding hydrogens is 340 g/mol. The minimum absolute atomic E-state index is 0.154. The monoisotopic (exact) mass is 368 g/mol. The van der Waals surface area contributed by atoms with E-state index in [1.807, 2.05) is 24.0 Å². The zero-order valence-corrected chi connectivity index (χ0v) is 16.0. The molecule has 2 aliphatic rings. The third kappa shape index (κ3) is 3.76. The first-order valence-corrected chi connectivity index (χ1v) is 10.0. The molecule has 2 aromatic heterocycles. The lowest BCUT2D eigenvalue weighted by atomic mass is 9.87. The van der Waals surface area contributed by atoms with Gasteiger partial charge in [0, 0.05) is 37.8 Å². The van der Waals surface area contributed by atoms with Crippen LogP contribution in [0.2, 0.25) is 0 Å². The van der Waals surface area contributed by atoms with Crippen molar-refractivity contribution in [3.63, 3.8) is 0 Å². The number of pyridine rings is 1. The average Bonchev–Trinajstić information content (AvgIpc) is 3.10. The van der Waals surface area contributed by atoms with E-state index in [9.17, 15) is 9.90 Å². The minimum Gasteiger partial charge on any atom is -0.383 e. The number of rotatable bonds is 4. The molecule has 0 bridgehead atoms. The second-order valence-electron chi connectivity index (χ2n) is 7.97. The molecule has 0 aromatic carbocycles. The smallest absolute Gasteiger partial charge is 0.222 e. The maximum atomic E-state index is 12.6. The zero-order chi connectivity index (χ0) is 18.9.